The van der Waals surface area contributed by atoms with Gasteiger partial charge in [-0.25, -0.2) is 4.39 Å². The van der Waals surface area contributed by atoms with E-state index in [0.717, 1.165) is 54.1 Å². The second-order valence-corrected chi connectivity index (χ2v) is 9.20. The first-order valence-corrected chi connectivity index (χ1v) is 12.4. The van der Waals surface area contributed by atoms with E-state index in [1.165, 1.54) is 12.1 Å². The number of nitrogens with zero attached hydrogens (tertiary/aromatic N) is 4. The summed E-state index contributed by atoms with van der Waals surface area (Å²) in [6.45, 7) is 0.736. The Morgan fingerprint density at radius 1 is 1.12 bits per heavy atom. The first-order chi connectivity index (χ1) is 16.6. The molecule has 0 aliphatic carbocycles. The van der Waals surface area contributed by atoms with Crippen LogP contribution in [-0.2, 0) is 17.6 Å². The predicted molar refractivity (Wildman–Crippen MR) is 130 cm³/mol. The normalized spacial score (nSPS) is 11.1. The number of carbonyl (C=O) groups excluding carboxylic acids is 1. The number of H-pyrrole nitrogens is 1. The smallest absolute Gasteiger partial charge is 0.226 e. The third-order valence-electron chi connectivity index (χ3n) is 5.61. The molecule has 7 nitrogen and oxygen atoms in total. The second-order valence-electron chi connectivity index (χ2n) is 8.26. The van der Waals surface area contributed by atoms with Gasteiger partial charge in [-0.1, -0.05) is 29.8 Å². The van der Waals surface area contributed by atoms with Crippen LogP contribution in [0.1, 0.15) is 43.7 Å². The minimum atomic E-state index is -0.265. The molecule has 0 saturated heterocycles. The summed E-state index contributed by atoms with van der Waals surface area (Å²) in [6.07, 6.45) is 5.57. The van der Waals surface area contributed by atoms with E-state index in [2.05, 4.69) is 20.3 Å². The van der Waals surface area contributed by atoms with Crippen molar-refractivity contribution in [3.8, 4) is 22.0 Å². The van der Waals surface area contributed by atoms with Gasteiger partial charge in [0.15, 0.2) is 0 Å². The molecule has 0 radical (unpaired) electrons. The molecule has 0 aliphatic rings. The van der Waals surface area contributed by atoms with Crippen LogP contribution in [0.2, 0.25) is 0 Å². The molecule has 4 rings (SSSR count). The average Bonchev–Trinajstić information content (AvgIpc) is 3.60. The summed E-state index contributed by atoms with van der Waals surface area (Å²) in [4.78, 5) is 19.6. The van der Waals surface area contributed by atoms with Gasteiger partial charge in [-0.05, 0) is 55.3 Å². The molecule has 0 spiro atoms. The molecule has 0 bridgehead atoms. The molecule has 34 heavy (non-hydrogen) atoms. The first-order valence-electron chi connectivity index (χ1n) is 11.5. The van der Waals surface area contributed by atoms with Gasteiger partial charge in [-0.3, -0.25) is 9.89 Å². The molecule has 3 heterocycles. The Hall–Kier alpha value is -3.33. The maximum absolute atomic E-state index is 13.4. The first kappa shape index (κ1) is 23.8. The number of carbonyl (C=O) groups is 1. The van der Waals surface area contributed by atoms with Crippen molar-refractivity contribution in [1.29, 1.82) is 0 Å². The Morgan fingerprint density at radius 3 is 2.85 bits per heavy atom. The quantitative estimate of drug-likeness (QED) is 0.269. The molecule has 1 N–H and O–H groups in total. The van der Waals surface area contributed by atoms with E-state index >= 15 is 0 Å². The number of aryl methyl sites for hydroxylation is 2. The fourth-order valence-corrected chi connectivity index (χ4v) is 4.34. The molecule has 1 aromatic carbocycles. The van der Waals surface area contributed by atoms with Gasteiger partial charge in [0.25, 0.3) is 0 Å². The number of aromatic amines is 1. The highest BCUT2D eigenvalue weighted by molar-refractivity contribution is 7.13. The van der Waals surface area contributed by atoms with Gasteiger partial charge < -0.3 is 9.42 Å². The lowest BCUT2D eigenvalue weighted by Crippen LogP contribution is -2.27. The Bertz CT molecular complexity index is 1190. The minimum Gasteiger partial charge on any atom is -0.346 e. The van der Waals surface area contributed by atoms with E-state index in [1.807, 2.05) is 36.7 Å². The summed E-state index contributed by atoms with van der Waals surface area (Å²) < 4.78 is 18.7. The lowest BCUT2D eigenvalue weighted by molar-refractivity contribution is -0.130. The third kappa shape index (κ3) is 6.60. The van der Waals surface area contributed by atoms with E-state index < -0.39 is 0 Å². The Labute approximate surface area is 202 Å². The number of unbranched alkanes of at least 4 members (excludes halogenated alkanes) is 2. The minimum absolute atomic E-state index is 0.131. The average molecular weight is 482 g/mol. The van der Waals surface area contributed by atoms with Crippen LogP contribution in [0, 0.1) is 5.82 Å². The molecule has 3 aromatic heterocycles. The zero-order chi connectivity index (χ0) is 23.8. The van der Waals surface area contributed by atoms with Crippen LogP contribution in [0.4, 0.5) is 4.39 Å². The van der Waals surface area contributed by atoms with Crippen LogP contribution in [0.5, 0.6) is 0 Å². The van der Waals surface area contributed by atoms with E-state index in [0.29, 0.717) is 31.0 Å². The molecule has 0 fully saturated rings. The van der Waals surface area contributed by atoms with E-state index in [-0.39, 0.29) is 11.7 Å². The number of hydrogen-bond donors (Lipinski definition) is 1. The van der Waals surface area contributed by atoms with Gasteiger partial charge in [0.1, 0.15) is 5.82 Å². The van der Waals surface area contributed by atoms with Crippen molar-refractivity contribution in [3.63, 3.8) is 0 Å². The number of thiophene rings is 1. The maximum Gasteiger partial charge on any atom is 0.226 e. The van der Waals surface area contributed by atoms with Gasteiger partial charge in [-0.2, -0.15) is 10.1 Å². The summed E-state index contributed by atoms with van der Waals surface area (Å²) in [5, 5.41) is 13.3. The van der Waals surface area contributed by atoms with Crippen molar-refractivity contribution in [2.45, 2.75) is 44.9 Å². The van der Waals surface area contributed by atoms with E-state index in [4.69, 9.17) is 4.52 Å². The fourth-order valence-electron chi connectivity index (χ4n) is 3.70. The summed E-state index contributed by atoms with van der Waals surface area (Å²) in [5.41, 5.74) is 2.56. The van der Waals surface area contributed by atoms with Gasteiger partial charge in [0.2, 0.25) is 17.6 Å². The second kappa shape index (κ2) is 11.7. The topological polar surface area (TPSA) is 87.9 Å². The van der Waals surface area contributed by atoms with Crippen LogP contribution in [0.25, 0.3) is 22.0 Å². The van der Waals surface area contributed by atoms with E-state index in [1.54, 1.807) is 22.3 Å². The Kier molecular flexibility index (Phi) is 8.19. The van der Waals surface area contributed by atoms with Crippen LogP contribution in [0.15, 0.2) is 52.4 Å². The molecule has 0 atom stereocenters. The molecular weight excluding hydrogens is 453 g/mol. The van der Waals surface area contributed by atoms with Crippen molar-refractivity contribution in [3.05, 3.63) is 65.2 Å². The number of hydrogen-bond acceptors (Lipinski definition) is 6. The maximum atomic E-state index is 13.4. The highest BCUT2D eigenvalue weighted by atomic mass is 32.1. The molecule has 0 unspecified atom stereocenters. The number of rotatable bonds is 12. The molecule has 4 aromatic rings. The van der Waals surface area contributed by atoms with Crippen LogP contribution in [-0.4, -0.2) is 44.7 Å². The number of nitrogens with one attached hydrogen (secondary N) is 1. The molecular formula is C25H28FN5O2S. The lowest BCUT2D eigenvalue weighted by atomic mass is 10.1. The standard InChI is InChI=1S/C25H28FN5O2S/c1-31(24(32)13-6-12-23-27-25(30-33-23)22-11-7-15-34-22)14-4-2-3-10-20-17-21(29-28-20)18-8-5-9-19(26)16-18/h5,7-9,11,15-17H,2-4,6,10,12-14H2,1H3,(H,28,29). The molecule has 0 aliphatic heterocycles. The third-order valence-corrected chi connectivity index (χ3v) is 6.47. The summed E-state index contributed by atoms with van der Waals surface area (Å²) in [6, 6.07) is 12.3. The van der Waals surface area contributed by atoms with Gasteiger partial charge in [0.05, 0.1) is 10.6 Å². The molecule has 9 heteroatoms. The predicted octanol–water partition coefficient (Wildman–Crippen LogP) is 5.52. The van der Waals surface area contributed by atoms with Crippen LogP contribution < -0.4 is 0 Å². The highest BCUT2D eigenvalue weighted by Gasteiger charge is 2.12. The van der Waals surface area contributed by atoms with Gasteiger partial charge in [-0.15, -0.1) is 11.3 Å². The van der Waals surface area contributed by atoms with Gasteiger partial charge in [0, 0.05) is 37.7 Å². The number of benzene rings is 1. The number of halogens is 1. The van der Waals surface area contributed by atoms with Crippen molar-refractivity contribution >= 4 is 17.2 Å². The van der Waals surface area contributed by atoms with Gasteiger partial charge >= 0.3 is 0 Å². The largest absolute Gasteiger partial charge is 0.346 e. The highest BCUT2D eigenvalue weighted by Crippen LogP contribution is 2.22. The Balaban J connectivity index is 1.10. The summed E-state index contributed by atoms with van der Waals surface area (Å²) >= 11 is 1.57. The van der Waals surface area contributed by atoms with Crippen LogP contribution >= 0.6 is 11.3 Å². The zero-order valence-electron chi connectivity index (χ0n) is 19.2. The lowest BCUT2D eigenvalue weighted by Gasteiger charge is -2.16. The zero-order valence-corrected chi connectivity index (χ0v) is 20.0. The molecule has 1 amide bonds. The molecule has 0 saturated carbocycles. The van der Waals surface area contributed by atoms with Crippen molar-refractivity contribution < 1.29 is 13.7 Å². The van der Waals surface area contributed by atoms with Crippen molar-refractivity contribution in [2.75, 3.05) is 13.6 Å². The SMILES string of the molecule is CN(CCCCCc1cc(-c2cccc(F)c2)n[nH]1)C(=O)CCCc1nc(-c2cccs2)no1. The van der Waals surface area contributed by atoms with Crippen LogP contribution in [0.3, 0.4) is 0 Å². The summed E-state index contributed by atoms with van der Waals surface area (Å²) in [7, 11) is 1.85. The van der Waals surface area contributed by atoms with Crippen molar-refractivity contribution in [1.82, 2.24) is 25.2 Å². The van der Waals surface area contributed by atoms with Crippen molar-refractivity contribution in [2.24, 2.45) is 0 Å². The number of aromatic nitrogens is 4. The number of amides is 1. The van der Waals surface area contributed by atoms with E-state index in [9.17, 15) is 9.18 Å². The summed E-state index contributed by atoms with van der Waals surface area (Å²) in [5.74, 6) is 1.04. The molecule has 178 valence electrons. The Morgan fingerprint density at radius 2 is 2.03 bits per heavy atom. The monoisotopic (exact) mass is 481 g/mol. The fraction of sp³-hybridized carbons (Fsp3) is 0.360.